The standard InChI is InChI=1S/C6H7F3O2/c1-2-3-4-5(7)11-6(8,9)10-4/h2-3H2,1H3. The first-order valence-corrected chi connectivity index (χ1v) is 3.19. The van der Waals surface area contributed by atoms with Crippen molar-refractivity contribution in [2.24, 2.45) is 0 Å². The van der Waals surface area contributed by atoms with Crippen LogP contribution in [0.5, 0.6) is 0 Å². The highest BCUT2D eigenvalue weighted by Gasteiger charge is 2.45. The fourth-order valence-electron chi connectivity index (χ4n) is 0.742. The van der Waals surface area contributed by atoms with Crippen LogP contribution in [0, 0.1) is 0 Å². The number of halogens is 3. The third-order valence-electron chi connectivity index (χ3n) is 1.15. The fraction of sp³-hybridized carbons (Fsp3) is 0.667. The molecule has 5 heteroatoms. The van der Waals surface area contributed by atoms with Gasteiger partial charge < -0.3 is 9.47 Å². The minimum Gasteiger partial charge on any atom is -0.397 e. The van der Waals surface area contributed by atoms with Gasteiger partial charge >= 0.3 is 12.3 Å². The molecule has 0 aromatic carbocycles. The molecule has 0 saturated heterocycles. The minimum atomic E-state index is -3.81. The normalized spacial score (nSPS) is 21.5. The van der Waals surface area contributed by atoms with E-state index in [4.69, 9.17) is 0 Å². The number of allylic oxidation sites excluding steroid dienone is 1. The van der Waals surface area contributed by atoms with E-state index in [0.29, 0.717) is 6.42 Å². The molecule has 0 amide bonds. The van der Waals surface area contributed by atoms with Crippen molar-refractivity contribution >= 4 is 0 Å². The van der Waals surface area contributed by atoms with Crippen molar-refractivity contribution < 1.29 is 22.6 Å². The van der Waals surface area contributed by atoms with E-state index in [1.54, 1.807) is 6.92 Å². The van der Waals surface area contributed by atoms with Gasteiger partial charge in [0.15, 0.2) is 5.76 Å². The van der Waals surface area contributed by atoms with E-state index in [0.717, 1.165) is 0 Å². The van der Waals surface area contributed by atoms with Gasteiger partial charge in [-0.05, 0) is 6.42 Å². The van der Waals surface area contributed by atoms with Gasteiger partial charge in [-0.2, -0.15) is 4.39 Å². The Hall–Kier alpha value is -0.870. The lowest BCUT2D eigenvalue weighted by Crippen LogP contribution is -2.16. The van der Waals surface area contributed by atoms with Gasteiger partial charge in [0.05, 0.1) is 0 Å². The molecule has 1 aliphatic heterocycles. The molecule has 0 aromatic heterocycles. The second-order valence-corrected chi connectivity index (χ2v) is 2.11. The van der Waals surface area contributed by atoms with Gasteiger partial charge in [0.25, 0.3) is 0 Å². The molecule has 0 aliphatic carbocycles. The number of hydrogen-bond acceptors (Lipinski definition) is 2. The Morgan fingerprint density at radius 3 is 2.36 bits per heavy atom. The van der Waals surface area contributed by atoms with Crippen LogP contribution in [0.3, 0.4) is 0 Å². The summed E-state index contributed by atoms with van der Waals surface area (Å²) >= 11 is 0. The number of hydrogen-bond donors (Lipinski definition) is 0. The maximum absolute atomic E-state index is 12.3. The molecule has 1 rings (SSSR count). The molecule has 0 fully saturated rings. The summed E-state index contributed by atoms with van der Waals surface area (Å²) in [5.74, 6) is -0.405. The van der Waals surface area contributed by atoms with Gasteiger partial charge in [-0.15, -0.1) is 8.78 Å². The smallest absolute Gasteiger partial charge is 0.397 e. The molecule has 0 bridgehead atoms. The summed E-state index contributed by atoms with van der Waals surface area (Å²) < 4.78 is 43.7. The summed E-state index contributed by atoms with van der Waals surface area (Å²) in [4.78, 5) is 0. The van der Waals surface area contributed by atoms with Gasteiger partial charge in [-0.3, -0.25) is 0 Å². The molecule has 0 spiro atoms. The Kier molecular flexibility index (Phi) is 1.97. The Morgan fingerprint density at radius 1 is 1.36 bits per heavy atom. The molecule has 1 aliphatic rings. The Bertz CT molecular complexity index is 188. The van der Waals surface area contributed by atoms with Gasteiger partial charge in [0.2, 0.25) is 0 Å². The first kappa shape index (κ1) is 8.23. The third-order valence-corrected chi connectivity index (χ3v) is 1.15. The van der Waals surface area contributed by atoms with Crippen LogP contribution in [0.1, 0.15) is 19.8 Å². The lowest BCUT2D eigenvalue weighted by atomic mass is 10.3. The monoisotopic (exact) mass is 168 g/mol. The zero-order valence-corrected chi connectivity index (χ0v) is 5.86. The molecule has 0 N–H and O–H groups in total. The Labute approximate surface area is 61.6 Å². The molecule has 1 heterocycles. The summed E-state index contributed by atoms with van der Waals surface area (Å²) in [5, 5.41) is 0. The lowest BCUT2D eigenvalue weighted by Gasteiger charge is -2.06. The van der Waals surface area contributed by atoms with E-state index in [2.05, 4.69) is 9.47 Å². The number of alkyl halides is 2. The SMILES string of the molecule is CCCC1=C(F)OC(F)(F)O1. The summed E-state index contributed by atoms with van der Waals surface area (Å²) in [6.07, 6.45) is -3.15. The highest BCUT2D eigenvalue weighted by atomic mass is 19.3. The van der Waals surface area contributed by atoms with E-state index in [9.17, 15) is 13.2 Å². The van der Waals surface area contributed by atoms with Crippen molar-refractivity contribution in [1.29, 1.82) is 0 Å². The van der Waals surface area contributed by atoms with Gasteiger partial charge in [-0.1, -0.05) is 6.92 Å². The van der Waals surface area contributed by atoms with E-state index < -0.39 is 18.1 Å². The zero-order valence-electron chi connectivity index (χ0n) is 5.86. The third kappa shape index (κ3) is 1.78. The minimum absolute atomic E-state index is 0.126. The van der Waals surface area contributed by atoms with Crippen molar-refractivity contribution in [2.45, 2.75) is 26.1 Å². The molecule has 0 saturated carbocycles. The average Bonchev–Trinajstić information content (AvgIpc) is 2.07. The molecular weight excluding hydrogens is 161 g/mol. The summed E-state index contributed by atoms with van der Waals surface area (Å²) in [6, 6.07) is -1.31. The van der Waals surface area contributed by atoms with Crippen LogP contribution < -0.4 is 0 Å². The van der Waals surface area contributed by atoms with Crippen molar-refractivity contribution in [3.63, 3.8) is 0 Å². The van der Waals surface area contributed by atoms with Gasteiger partial charge in [0.1, 0.15) is 0 Å². The Balaban J connectivity index is 2.60. The maximum Gasteiger partial charge on any atom is 0.587 e. The zero-order chi connectivity index (χ0) is 8.48. The van der Waals surface area contributed by atoms with Crippen molar-refractivity contribution in [3.8, 4) is 0 Å². The van der Waals surface area contributed by atoms with E-state index in [1.807, 2.05) is 0 Å². The predicted molar refractivity (Wildman–Crippen MR) is 30.2 cm³/mol. The summed E-state index contributed by atoms with van der Waals surface area (Å²) in [5.41, 5.74) is 0. The molecule has 0 aromatic rings. The largest absolute Gasteiger partial charge is 0.587 e. The van der Waals surface area contributed by atoms with Gasteiger partial charge in [-0.25, -0.2) is 0 Å². The molecule has 0 atom stereocenters. The molecule has 64 valence electrons. The van der Waals surface area contributed by atoms with E-state index in [1.165, 1.54) is 0 Å². The van der Waals surface area contributed by atoms with Crippen LogP contribution in [-0.2, 0) is 9.47 Å². The van der Waals surface area contributed by atoms with Crippen LogP contribution in [0.15, 0.2) is 11.8 Å². The second kappa shape index (κ2) is 2.64. The molecule has 0 radical (unpaired) electrons. The van der Waals surface area contributed by atoms with E-state index in [-0.39, 0.29) is 6.42 Å². The first-order valence-electron chi connectivity index (χ1n) is 3.19. The van der Waals surface area contributed by atoms with E-state index >= 15 is 0 Å². The molecule has 2 nitrogen and oxygen atoms in total. The highest BCUT2D eigenvalue weighted by Crippen LogP contribution is 2.35. The number of ether oxygens (including phenoxy) is 2. The topological polar surface area (TPSA) is 18.5 Å². The Morgan fingerprint density at radius 2 is 2.00 bits per heavy atom. The average molecular weight is 168 g/mol. The number of rotatable bonds is 2. The molecular formula is C6H7F3O2. The second-order valence-electron chi connectivity index (χ2n) is 2.11. The van der Waals surface area contributed by atoms with Crippen molar-refractivity contribution in [2.75, 3.05) is 0 Å². The molecule has 0 unspecified atom stereocenters. The van der Waals surface area contributed by atoms with Gasteiger partial charge in [0, 0.05) is 6.42 Å². The van der Waals surface area contributed by atoms with Crippen LogP contribution in [0.2, 0.25) is 0 Å². The van der Waals surface area contributed by atoms with Crippen molar-refractivity contribution in [3.05, 3.63) is 11.8 Å². The van der Waals surface area contributed by atoms with Crippen LogP contribution in [0.25, 0.3) is 0 Å². The summed E-state index contributed by atoms with van der Waals surface area (Å²) in [7, 11) is 0. The predicted octanol–water partition coefficient (Wildman–Crippen LogP) is 2.52. The fourth-order valence-corrected chi connectivity index (χ4v) is 0.742. The molecule has 11 heavy (non-hydrogen) atoms. The quantitative estimate of drug-likeness (QED) is 0.630. The van der Waals surface area contributed by atoms with Crippen LogP contribution in [-0.4, -0.2) is 6.29 Å². The first-order chi connectivity index (χ1) is 5.05. The highest BCUT2D eigenvalue weighted by molar-refractivity contribution is 4.98. The van der Waals surface area contributed by atoms with Crippen LogP contribution >= 0.6 is 0 Å². The summed E-state index contributed by atoms with van der Waals surface area (Å²) in [6.45, 7) is 1.72. The van der Waals surface area contributed by atoms with Crippen molar-refractivity contribution in [1.82, 2.24) is 0 Å². The lowest BCUT2D eigenvalue weighted by molar-refractivity contribution is -0.342. The van der Waals surface area contributed by atoms with Crippen LogP contribution in [0.4, 0.5) is 13.2 Å². The maximum atomic E-state index is 12.3.